The Kier molecular flexibility index (Phi) is 5.25. The number of nitrogens with one attached hydrogen (secondary N) is 1. The number of aliphatic hydroxyl groups is 1. The maximum absolute atomic E-state index is 11.9. The molecule has 0 spiro atoms. The number of fused-ring (bicyclic) bond motifs is 1. The first-order chi connectivity index (χ1) is 12.1. The number of nitrogens with zero attached hydrogens (tertiary/aromatic N) is 2. The predicted molar refractivity (Wildman–Crippen MR) is 91.2 cm³/mol. The van der Waals surface area contributed by atoms with Gasteiger partial charge in [-0.1, -0.05) is 17.3 Å². The van der Waals surface area contributed by atoms with E-state index in [-0.39, 0.29) is 18.2 Å². The van der Waals surface area contributed by atoms with Gasteiger partial charge in [-0.05, 0) is 25.5 Å². The molecule has 2 N–H and O–H groups in total. The van der Waals surface area contributed by atoms with Gasteiger partial charge in [0.05, 0.1) is 6.10 Å². The van der Waals surface area contributed by atoms with Crippen molar-refractivity contribution < 1.29 is 19.2 Å². The van der Waals surface area contributed by atoms with Gasteiger partial charge in [0, 0.05) is 35.8 Å². The van der Waals surface area contributed by atoms with Crippen LogP contribution in [0.25, 0.3) is 10.8 Å². The van der Waals surface area contributed by atoms with E-state index in [0.29, 0.717) is 24.5 Å². The lowest BCUT2D eigenvalue weighted by atomic mass is 10.1. The van der Waals surface area contributed by atoms with Crippen LogP contribution in [0.5, 0.6) is 5.75 Å². The molecule has 0 aliphatic heterocycles. The molecule has 2 aromatic heterocycles. The monoisotopic (exact) mass is 341 g/mol. The van der Waals surface area contributed by atoms with Crippen LogP contribution in [-0.2, 0) is 6.61 Å². The summed E-state index contributed by atoms with van der Waals surface area (Å²) in [5.41, 5.74) is 0.186. The number of hydrogen-bond acceptors (Lipinski definition) is 6. The molecule has 3 aromatic rings. The third kappa shape index (κ3) is 4.33. The number of rotatable bonds is 7. The van der Waals surface area contributed by atoms with E-state index in [4.69, 9.17) is 9.26 Å². The Morgan fingerprint density at radius 1 is 1.40 bits per heavy atom. The molecule has 1 atom stereocenters. The van der Waals surface area contributed by atoms with Crippen LogP contribution < -0.4 is 10.1 Å². The van der Waals surface area contributed by atoms with Gasteiger partial charge in [-0.2, -0.15) is 0 Å². The Bertz CT molecular complexity index is 855. The number of aromatic nitrogens is 2. The van der Waals surface area contributed by atoms with Gasteiger partial charge in [0.2, 0.25) is 0 Å². The van der Waals surface area contributed by atoms with Crippen LogP contribution in [0.15, 0.2) is 47.2 Å². The van der Waals surface area contributed by atoms with Gasteiger partial charge in [-0.3, -0.25) is 9.78 Å². The van der Waals surface area contributed by atoms with Crippen molar-refractivity contribution >= 4 is 16.7 Å². The number of hydrogen-bond donors (Lipinski definition) is 2. The first kappa shape index (κ1) is 16.9. The van der Waals surface area contributed by atoms with Crippen LogP contribution in [0.4, 0.5) is 0 Å². The zero-order chi connectivity index (χ0) is 17.6. The van der Waals surface area contributed by atoms with Gasteiger partial charge in [0.25, 0.3) is 5.91 Å². The summed E-state index contributed by atoms with van der Waals surface area (Å²) < 4.78 is 10.9. The molecular formula is C18H19N3O4. The van der Waals surface area contributed by atoms with E-state index in [9.17, 15) is 9.90 Å². The molecule has 0 saturated heterocycles. The summed E-state index contributed by atoms with van der Waals surface area (Å²) >= 11 is 0. The van der Waals surface area contributed by atoms with Gasteiger partial charge < -0.3 is 19.7 Å². The molecule has 0 saturated carbocycles. The van der Waals surface area contributed by atoms with Crippen LogP contribution >= 0.6 is 0 Å². The number of benzene rings is 1. The van der Waals surface area contributed by atoms with Crippen LogP contribution in [0.3, 0.4) is 0 Å². The highest BCUT2D eigenvalue weighted by atomic mass is 16.5. The van der Waals surface area contributed by atoms with Gasteiger partial charge in [0.15, 0.2) is 11.5 Å². The van der Waals surface area contributed by atoms with Gasteiger partial charge in [-0.15, -0.1) is 0 Å². The van der Waals surface area contributed by atoms with Gasteiger partial charge >= 0.3 is 0 Å². The second-order valence-electron chi connectivity index (χ2n) is 5.71. The summed E-state index contributed by atoms with van der Waals surface area (Å²) in [6, 6.07) is 9.14. The van der Waals surface area contributed by atoms with Crippen molar-refractivity contribution in [2.75, 3.05) is 6.54 Å². The highest BCUT2D eigenvalue weighted by molar-refractivity contribution is 5.92. The van der Waals surface area contributed by atoms with Gasteiger partial charge in [0.1, 0.15) is 12.4 Å². The molecule has 1 amide bonds. The molecule has 7 heteroatoms. The van der Waals surface area contributed by atoms with Gasteiger partial charge in [-0.25, -0.2) is 0 Å². The van der Waals surface area contributed by atoms with Crippen molar-refractivity contribution in [2.45, 2.75) is 26.1 Å². The van der Waals surface area contributed by atoms with E-state index < -0.39 is 6.10 Å². The summed E-state index contributed by atoms with van der Waals surface area (Å²) in [6.45, 7) is 2.20. The normalized spacial score (nSPS) is 12.1. The molecule has 0 aliphatic carbocycles. The molecule has 3 rings (SSSR count). The van der Waals surface area contributed by atoms with E-state index in [2.05, 4.69) is 15.5 Å². The van der Waals surface area contributed by atoms with Crippen molar-refractivity contribution in [1.82, 2.24) is 15.5 Å². The first-order valence-corrected chi connectivity index (χ1v) is 8.01. The zero-order valence-corrected chi connectivity index (χ0v) is 13.8. The lowest BCUT2D eigenvalue weighted by Gasteiger charge is -2.07. The van der Waals surface area contributed by atoms with E-state index in [1.807, 2.05) is 24.3 Å². The van der Waals surface area contributed by atoms with Crippen LogP contribution in [0, 0.1) is 0 Å². The molecule has 0 bridgehead atoms. The SMILES string of the molecule is C[C@H](O)CCNC(=O)c1cc(COc2cccc3cnccc23)on1. The summed E-state index contributed by atoms with van der Waals surface area (Å²) in [5, 5.41) is 17.5. The molecule has 0 unspecified atom stereocenters. The smallest absolute Gasteiger partial charge is 0.273 e. The fourth-order valence-corrected chi connectivity index (χ4v) is 2.34. The van der Waals surface area contributed by atoms with E-state index in [1.54, 1.807) is 25.4 Å². The van der Waals surface area contributed by atoms with Crippen LogP contribution in [0.2, 0.25) is 0 Å². The van der Waals surface area contributed by atoms with Crippen molar-refractivity contribution in [2.24, 2.45) is 0 Å². The Labute approximate surface area is 144 Å². The minimum absolute atomic E-state index is 0.162. The second kappa shape index (κ2) is 7.76. The largest absolute Gasteiger partial charge is 0.485 e. The van der Waals surface area contributed by atoms with Crippen molar-refractivity contribution in [3.63, 3.8) is 0 Å². The Hall–Kier alpha value is -2.93. The number of pyridine rings is 1. The number of carbonyl (C=O) groups is 1. The Balaban J connectivity index is 1.61. The number of ether oxygens (including phenoxy) is 1. The molecule has 25 heavy (non-hydrogen) atoms. The fourth-order valence-electron chi connectivity index (χ4n) is 2.34. The first-order valence-electron chi connectivity index (χ1n) is 8.01. The summed E-state index contributed by atoms with van der Waals surface area (Å²) in [4.78, 5) is 16.0. The standard InChI is InChI=1S/C18H19N3O4/c1-12(22)5-8-20-18(23)16-9-14(25-21-16)11-24-17-4-2-3-13-10-19-7-6-15(13)17/h2-4,6-7,9-10,12,22H,5,8,11H2,1H3,(H,20,23)/t12-/m0/s1. The molecule has 0 aliphatic rings. The average Bonchev–Trinajstić information content (AvgIpc) is 3.08. The highest BCUT2D eigenvalue weighted by Crippen LogP contribution is 2.25. The molecule has 130 valence electrons. The highest BCUT2D eigenvalue weighted by Gasteiger charge is 2.13. The zero-order valence-electron chi connectivity index (χ0n) is 13.8. The Morgan fingerprint density at radius 2 is 2.28 bits per heavy atom. The average molecular weight is 341 g/mol. The topological polar surface area (TPSA) is 97.5 Å². The Morgan fingerprint density at radius 3 is 3.12 bits per heavy atom. The molecule has 2 heterocycles. The second-order valence-corrected chi connectivity index (χ2v) is 5.71. The summed E-state index contributed by atoms with van der Waals surface area (Å²) in [6.07, 6.45) is 3.50. The third-order valence-corrected chi connectivity index (χ3v) is 3.65. The molecule has 0 radical (unpaired) electrons. The quantitative estimate of drug-likeness (QED) is 0.684. The number of carbonyl (C=O) groups excluding carboxylic acids is 1. The predicted octanol–water partition coefficient (Wildman–Crippen LogP) is 2.30. The molecule has 0 fully saturated rings. The van der Waals surface area contributed by atoms with Crippen LogP contribution in [-0.4, -0.2) is 33.8 Å². The van der Waals surface area contributed by atoms with Crippen molar-refractivity contribution in [3.8, 4) is 5.75 Å². The summed E-state index contributed by atoms with van der Waals surface area (Å²) in [5.74, 6) is 0.817. The number of aliphatic hydroxyl groups excluding tert-OH is 1. The maximum Gasteiger partial charge on any atom is 0.273 e. The van der Waals surface area contributed by atoms with Crippen molar-refractivity contribution in [1.29, 1.82) is 0 Å². The van der Waals surface area contributed by atoms with E-state index in [1.165, 1.54) is 0 Å². The van der Waals surface area contributed by atoms with E-state index in [0.717, 1.165) is 10.8 Å². The van der Waals surface area contributed by atoms with E-state index >= 15 is 0 Å². The fraction of sp³-hybridized carbons (Fsp3) is 0.278. The third-order valence-electron chi connectivity index (χ3n) is 3.65. The van der Waals surface area contributed by atoms with Crippen molar-refractivity contribution in [3.05, 3.63) is 54.2 Å². The lowest BCUT2D eigenvalue weighted by Crippen LogP contribution is -2.26. The minimum atomic E-state index is -0.461. The maximum atomic E-state index is 11.9. The molecule has 7 nitrogen and oxygen atoms in total. The minimum Gasteiger partial charge on any atom is -0.485 e. The number of amides is 1. The molecule has 1 aromatic carbocycles. The van der Waals surface area contributed by atoms with Crippen LogP contribution in [0.1, 0.15) is 29.6 Å². The lowest BCUT2D eigenvalue weighted by molar-refractivity contribution is 0.0936. The summed E-state index contributed by atoms with van der Waals surface area (Å²) in [7, 11) is 0. The molecular weight excluding hydrogens is 322 g/mol.